The minimum atomic E-state index is -1.57. The number of carbonyl (C=O) groups is 1. The van der Waals surface area contributed by atoms with Gasteiger partial charge in [-0.25, -0.2) is 0 Å². The topological polar surface area (TPSA) is 149 Å². The number of hydrogen-bond donors (Lipinski definition) is 6. The first-order valence-electron chi connectivity index (χ1n) is 28.2. The average Bonchev–Trinajstić information content (AvgIpc) is 3.32. The van der Waals surface area contributed by atoms with Gasteiger partial charge in [0.2, 0.25) is 5.91 Å². The number of nitrogens with one attached hydrogen (secondary N) is 1. The molecule has 0 bridgehead atoms. The van der Waals surface area contributed by atoms with Gasteiger partial charge < -0.3 is 40.3 Å². The van der Waals surface area contributed by atoms with Gasteiger partial charge in [-0.3, -0.25) is 4.79 Å². The molecule has 0 aromatic carbocycles. The third kappa shape index (κ3) is 36.4. The first kappa shape index (κ1) is 62.4. The minimum absolute atomic E-state index is 0.191. The molecule has 1 fully saturated rings. The molecule has 0 aliphatic carbocycles. The molecular weight excluding hydrogens is 827 g/mol. The Labute approximate surface area is 406 Å². The van der Waals surface area contributed by atoms with E-state index in [0.717, 1.165) is 44.9 Å². The van der Waals surface area contributed by atoms with Crippen LogP contribution in [0.3, 0.4) is 0 Å². The summed E-state index contributed by atoms with van der Waals surface area (Å²) < 4.78 is 11.2. The molecule has 0 aromatic rings. The summed E-state index contributed by atoms with van der Waals surface area (Å²) in [5.74, 6) is -0.191. The van der Waals surface area contributed by atoms with E-state index < -0.39 is 49.5 Å². The van der Waals surface area contributed by atoms with Crippen LogP contribution in [0.25, 0.3) is 0 Å². The largest absolute Gasteiger partial charge is 0.394 e. The van der Waals surface area contributed by atoms with Crippen molar-refractivity contribution in [1.29, 1.82) is 0 Å². The van der Waals surface area contributed by atoms with Gasteiger partial charge in [0.05, 0.1) is 25.4 Å². The smallest absolute Gasteiger partial charge is 0.220 e. The van der Waals surface area contributed by atoms with Crippen LogP contribution in [0.1, 0.15) is 264 Å². The fourth-order valence-electron chi connectivity index (χ4n) is 8.96. The maximum absolute atomic E-state index is 12.9. The molecule has 1 heterocycles. The summed E-state index contributed by atoms with van der Waals surface area (Å²) in [5.41, 5.74) is 0. The number of aliphatic hydroxyl groups excluding tert-OH is 5. The van der Waals surface area contributed by atoms with Crippen LogP contribution in [0.15, 0.2) is 36.5 Å². The molecule has 1 aliphatic heterocycles. The predicted molar refractivity (Wildman–Crippen MR) is 276 cm³/mol. The summed E-state index contributed by atoms with van der Waals surface area (Å²) in [5, 5.41) is 54.3. The van der Waals surface area contributed by atoms with E-state index in [-0.39, 0.29) is 12.5 Å². The van der Waals surface area contributed by atoms with Gasteiger partial charge in [-0.15, -0.1) is 0 Å². The Morgan fingerprint density at radius 3 is 1.27 bits per heavy atom. The first-order chi connectivity index (χ1) is 32.3. The fourth-order valence-corrected chi connectivity index (χ4v) is 8.96. The van der Waals surface area contributed by atoms with Crippen LogP contribution in [0.2, 0.25) is 0 Å². The Hall–Kier alpha value is -1.59. The highest BCUT2D eigenvalue weighted by Gasteiger charge is 2.44. The zero-order valence-corrected chi connectivity index (χ0v) is 43.0. The van der Waals surface area contributed by atoms with Gasteiger partial charge in [0.15, 0.2) is 6.29 Å². The average molecular weight is 934 g/mol. The van der Waals surface area contributed by atoms with Crippen molar-refractivity contribution < 1.29 is 39.8 Å². The number of aliphatic hydroxyl groups is 5. The van der Waals surface area contributed by atoms with Gasteiger partial charge in [0.1, 0.15) is 24.4 Å². The van der Waals surface area contributed by atoms with Crippen molar-refractivity contribution in [3.8, 4) is 0 Å². The van der Waals surface area contributed by atoms with E-state index in [4.69, 9.17) is 9.47 Å². The summed E-state index contributed by atoms with van der Waals surface area (Å²) in [6.45, 7) is 3.76. The van der Waals surface area contributed by atoms with E-state index in [0.29, 0.717) is 6.42 Å². The molecule has 9 heteroatoms. The maximum atomic E-state index is 12.9. The lowest BCUT2D eigenvalue weighted by Crippen LogP contribution is -2.60. The molecule has 388 valence electrons. The van der Waals surface area contributed by atoms with Crippen LogP contribution in [0.5, 0.6) is 0 Å². The summed E-state index contributed by atoms with van der Waals surface area (Å²) in [6, 6.07) is -0.824. The molecule has 1 saturated heterocycles. The monoisotopic (exact) mass is 934 g/mol. The van der Waals surface area contributed by atoms with Crippen LogP contribution >= 0.6 is 0 Å². The molecule has 0 radical (unpaired) electrons. The second kappa shape index (κ2) is 47.1. The second-order valence-electron chi connectivity index (χ2n) is 19.7. The van der Waals surface area contributed by atoms with Crippen molar-refractivity contribution in [2.75, 3.05) is 13.2 Å². The zero-order valence-electron chi connectivity index (χ0n) is 43.0. The highest BCUT2D eigenvalue weighted by Crippen LogP contribution is 2.23. The van der Waals surface area contributed by atoms with Crippen molar-refractivity contribution in [3.05, 3.63) is 36.5 Å². The Morgan fingerprint density at radius 1 is 0.500 bits per heavy atom. The lowest BCUT2D eigenvalue weighted by atomic mass is 9.99. The molecule has 1 amide bonds. The van der Waals surface area contributed by atoms with E-state index >= 15 is 0 Å². The van der Waals surface area contributed by atoms with E-state index in [1.165, 1.54) is 199 Å². The molecule has 1 rings (SSSR count). The Morgan fingerprint density at radius 2 is 0.864 bits per heavy atom. The normalized spacial score (nSPS) is 20.0. The van der Waals surface area contributed by atoms with Gasteiger partial charge >= 0.3 is 0 Å². The summed E-state index contributed by atoms with van der Waals surface area (Å²) in [4.78, 5) is 12.9. The van der Waals surface area contributed by atoms with Crippen LogP contribution in [0, 0.1) is 0 Å². The molecule has 9 nitrogen and oxygen atoms in total. The quantitative estimate of drug-likeness (QED) is 0.0261. The van der Waals surface area contributed by atoms with Crippen molar-refractivity contribution >= 4 is 5.91 Å². The molecule has 6 N–H and O–H groups in total. The van der Waals surface area contributed by atoms with E-state index in [1.807, 2.05) is 6.08 Å². The standard InChI is InChI=1S/C57H107NO8/c1-3-5-7-9-11-13-15-16-17-18-19-20-21-22-23-24-25-26-27-28-29-30-31-32-33-34-35-37-38-40-42-44-46-51(60)50(49-65-57-56(64)55(63)54(62)52(48-59)66-57)58-53(61)47-45-43-41-39-36-14-12-10-8-6-4-2/h32-33,37-38,44,46,50-52,54-57,59-60,62-64H,3-31,34-36,39-43,45,47-49H2,1-2H3,(H,58,61)/b33-32+,38-37+,46-44+. The van der Waals surface area contributed by atoms with Crippen LogP contribution in [-0.2, 0) is 14.3 Å². The third-order valence-electron chi connectivity index (χ3n) is 13.4. The van der Waals surface area contributed by atoms with Crippen molar-refractivity contribution in [2.45, 2.75) is 307 Å². The SMILES string of the molecule is CCCCCCCCCCCCCCCCCCCCCCCC/C=C/CC/C=C/CC/C=C/C(O)C(COC1OC(CO)C(O)C(O)C1O)NC(=O)CCCCCCCCCCCCC. The highest BCUT2D eigenvalue weighted by molar-refractivity contribution is 5.76. The van der Waals surface area contributed by atoms with Crippen LogP contribution in [-0.4, -0.2) is 87.5 Å². The number of amides is 1. The van der Waals surface area contributed by atoms with E-state index in [9.17, 15) is 30.3 Å². The molecule has 7 unspecified atom stereocenters. The summed E-state index contributed by atoms with van der Waals surface area (Å²) in [6.07, 6.45) is 53.8. The van der Waals surface area contributed by atoms with Gasteiger partial charge in [-0.1, -0.05) is 249 Å². The molecule has 7 atom stereocenters. The predicted octanol–water partition coefficient (Wildman–Crippen LogP) is 13.6. The van der Waals surface area contributed by atoms with Crippen molar-refractivity contribution in [2.24, 2.45) is 0 Å². The van der Waals surface area contributed by atoms with E-state index in [1.54, 1.807) is 6.08 Å². The van der Waals surface area contributed by atoms with Gasteiger partial charge in [-0.2, -0.15) is 0 Å². The number of ether oxygens (including phenoxy) is 2. The Kier molecular flexibility index (Phi) is 44.6. The lowest BCUT2D eigenvalue weighted by molar-refractivity contribution is -0.302. The molecular formula is C57H107NO8. The highest BCUT2D eigenvalue weighted by atomic mass is 16.7. The number of rotatable bonds is 48. The summed E-state index contributed by atoms with van der Waals surface area (Å²) in [7, 11) is 0. The lowest BCUT2D eigenvalue weighted by Gasteiger charge is -2.40. The zero-order chi connectivity index (χ0) is 48.0. The van der Waals surface area contributed by atoms with Gasteiger partial charge in [-0.05, 0) is 44.9 Å². The summed E-state index contributed by atoms with van der Waals surface area (Å²) >= 11 is 0. The van der Waals surface area contributed by atoms with Crippen LogP contribution in [0.4, 0.5) is 0 Å². The van der Waals surface area contributed by atoms with Crippen molar-refractivity contribution in [1.82, 2.24) is 5.32 Å². The van der Waals surface area contributed by atoms with E-state index in [2.05, 4.69) is 43.5 Å². The first-order valence-corrected chi connectivity index (χ1v) is 28.2. The number of allylic oxidation sites excluding steroid dienone is 5. The second-order valence-corrected chi connectivity index (χ2v) is 19.7. The minimum Gasteiger partial charge on any atom is -0.394 e. The van der Waals surface area contributed by atoms with Crippen molar-refractivity contribution in [3.63, 3.8) is 0 Å². The third-order valence-corrected chi connectivity index (χ3v) is 13.4. The van der Waals surface area contributed by atoms with Gasteiger partial charge in [0, 0.05) is 6.42 Å². The molecule has 0 spiro atoms. The molecule has 1 aliphatic rings. The van der Waals surface area contributed by atoms with Gasteiger partial charge in [0.25, 0.3) is 0 Å². The number of hydrogen-bond acceptors (Lipinski definition) is 8. The fraction of sp³-hybridized carbons (Fsp3) is 0.877. The molecule has 0 saturated carbocycles. The Balaban J connectivity index is 2.17. The van der Waals surface area contributed by atoms with Crippen LogP contribution < -0.4 is 5.32 Å². The number of carbonyl (C=O) groups excluding carboxylic acids is 1. The maximum Gasteiger partial charge on any atom is 0.220 e. The molecule has 66 heavy (non-hydrogen) atoms. The number of unbranched alkanes of at least 4 members (excludes halogenated alkanes) is 34. The molecule has 0 aromatic heterocycles. The Bertz CT molecular complexity index is 1130.